The van der Waals surface area contributed by atoms with E-state index in [1.807, 2.05) is 12.1 Å². The molecule has 1 aromatic heterocycles. The molecule has 0 bridgehead atoms. The predicted octanol–water partition coefficient (Wildman–Crippen LogP) is 3.52. The van der Waals surface area contributed by atoms with Crippen molar-refractivity contribution in [2.75, 3.05) is 26.8 Å². The first-order chi connectivity index (χ1) is 10.3. The van der Waals surface area contributed by atoms with E-state index in [-0.39, 0.29) is 5.82 Å². The largest absolute Gasteiger partial charge is 0.383 e. The Kier molecular flexibility index (Phi) is 6.86. The quantitative estimate of drug-likeness (QED) is 0.716. The normalized spacial score (nSPS) is 12.5. The second-order valence-corrected chi connectivity index (χ2v) is 6.17. The van der Waals surface area contributed by atoms with Crippen LogP contribution < -0.4 is 5.32 Å². The molecule has 114 valence electrons. The average molecular weight is 307 g/mol. The monoisotopic (exact) mass is 307 g/mol. The number of ether oxygens (including phenoxy) is 1. The topological polar surface area (TPSA) is 21.3 Å². The molecule has 2 aromatic rings. The Bertz CT molecular complexity index is 515. The Morgan fingerprint density at radius 1 is 1.19 bits per heavy atom. The number of thiophene rings is 1. The van der Waals surface area contributed by atoms with Gasteiger partial charge in [-0.2, -0.15) is 0 Å². The Labute approximate surface area is 130 Å². The summed E-state index contributed by atoms with van der Waals surface area (Å²) in [6.07, 6.45) is 1.73. The second kappa shape index (κ2) is 8.93. The molecule has 0 aliphatic carbocycles. The van der Waals surface area contributed by atoms with Crippen LogP contribution in [0.2, 0.25) is 0 Å². The van der Waals surface area contributed by atoms with Crippen LogP contribution in [0.1, 0.15) is 10.4 Å². The molecule has 0 amide bonds. The third-order valence-electron chi connectivity index (χ3n) is 3.45. The van der Waals surface area contributed by atoms with Crippen LogP contribution in [-0.2, 0) is 17.6 Å². The molecule has 21 heavy (non-hydrogen) atoms. The first kappa shape index (κ1) is 16.1. The maximum atomic E-state index is 13.8. The Balaban J connectivity index is 1.95. The zero-order chi connectivity index (χ0) is 14.9. The van der Waals surface area contributed by atoms with E-state index < -0.39 is 0 Å². The summed E-state index contributed by atoms with van der Waals surface area (Å²) in [5.74, 6) is 0.281. The van der Waals surface area contributed by atoms with Crippen molar-refractivity contribution in [3.63, 3.8) is 0 Å². The van der Waals surface area contributed by atoms with Crippen LogP contribution in [0.5, 0.6) is 0 Å². The van der Waals surface area contributed by atoms with Crippen LogP contribution in [0, 0.1) is 11.7 Å². The van der Waals surface area contributed by atoms with Gasteiger partial charge in [0.25, 0.3) is 0 Å². The van der Waals surface area contributed by atoms with Gasteiger partial charge in [0.15, 0.2) is 0 Å². The fourth-order valence-corrected chi connectivity index (χ4v) is 3.21. The molecule has 2 rings (SSSR count). The van der Waals surface area contributed by atoms with Crippen LogP contribution in [0.4, 0.5) is 4.39 Å². The molecule has 0 radical (unpaired) electrons. The SMILES string of the molecule is COCCNCC(Cc1cccs1)Cc1ccccc1F. The summed E-state index contributed by atoms with van der Waals surface area (Å²) in [7, 11) is 1.70. The van der Waals surface area contributed by atoms with Crippen molar-refractivity contribution >= 4 is 11.3 Å². The van der Waals surface area contributed by atoms with Gasteiger partial charge in [-0.3, -0.25) is 0 Å². The lowest BCUT2D eigenvalue weighted by Crippen LogP contribution is -2.28. The van der Waals surface area contributed by atoms with Gasteiger partial charge in [-0.25, -0.2) is 4.39 Å². The van der Waals surface area contributed by atoms with Crippen molar-refractivity contribution in [1.82, 2.24) is 5.32 Å². The lowest BCUT2D eigenvalue weighted by atomic mass is 9.95. The molecule has 4 heteroatoms. The van der Waals surface area contributed by atoms with Crippen molar-refractivity contribution in [1.29, 1.82) is 0 Å². The molecule has 1 N–H and O–H groups in total. The molecular formula is C17H22FNOS. The number of hydrogen-bond acceptors (Lipinski definition) is 3. The Morgan fingerprint density at radius 2 is 2.05 bits per heavy atom. The number of halogens is 1. The number of benzene rings is 1. The van der Waals surface area contributed by atoms with E-state index in [0.29, 0.717) is 12.5 Å². The molecule has 0 fully saturated rings. The van der Waals surface area contributed by atoms with Crippen LogP contribution in [0.25, 0.3) is 0 Å². The van der Waals surface area contributed by atoms with Gasteiger partial charge in [0.1, 0.15) is 5.82 Å². The van der Waals surface area contributed by atoms with Crippen LogP contribution >= 0.6 is 11.3 Å². The van der Waals surface area contributed by atoms with Gasteiger partial charge in [-0.1, -0.05) is 24.3 Å². The van der Waals surface area contributed by atoms with E-state index in [2.05, 4.69) is 22.8 Å². The van der Waals surface area contributed by atoms with Gasteiger partial charge in [-0.15, -0.1) is 11.3 Å². The zero-order valence-corrected chi connectivity index (χ0v) is 13.2. The first-order valence-electron chi connectivity index (χ1n) is 7.25. The molecule has 0 spiro atoms. The maximum Gasteiger partial charge on any atom is 0.126 e. The summed E-state index contributed by atoms with van der Waals surface area (Å²) in [6, 6.07) is 11.3. The van der Waals surface area contributed by atoms with Crippen LogP contribution in [-0.4, -0.2) is 26.8 Å². The summed E-state index contributed by atoms with van der Waals surface area (Å²) < 4.78 is 18.9. The molecule has 0 saturated heterocycles. The average Bonchev–Trinajstić information content (AvgIpc) is 2.99. The van der Waals surface area contributed by atoms with Gasteiger partial charge < -0.3 is 10.1 Å². The molecule has 0 aliphatic rings. The maximum absolute atomic E-state index is 13.8. The smallest absolute Gasteiger partial charge is 0.126 e. The summed E-state index contributed by atoms with van der Waals surface area (Å²) in [5, 5.41) is 5.49. The standard InChI is InChI=1S/C17H22FNOS/c1-20-9-8-19-13-14(12-16-6-4-10-21-16)11-15-5-2-3-7-17(15)18/h2-7,10,14,19H,8-9,11-13H2,1H3. The Hall–Kier alpha value is -1.23. The van der Waals surface area contributed by atoms with Gasteiger partial charge >= 0.3 is 0 Å². The first-order valence-corrected chi connectivity index (χ1v) is 8.13. The minimum Gasteiger partial charge on any atom is -0.383 e. The van der Waals surface area contributed by atoms with Crippen molar-refractivity contribution in [2.24, 2.45) is 5.92 Å². The molecule has 1 heterocycles. The summed E-state index contributed by atoms with van der Waals surface area (Å²) >= 11 is 1.76. The summed E-state index contributed by atoms with van der Waals surface area (Å²) in [5.41, 5.74) is 0.799. The van der Waals surface area contributed by atoms with E-state index in [4.69, 9.17) is 4.74 Å². The third-order valence-corrected chi connectivity index (χ3v) is 4.35. The van der Waals surface area contributed by atoms with E-state index in [0.717, 1.165) is 31.5 Å². The fraction of sp³-hybridized carbons (Fsp3) is 0.412. The highest BCUT2D eigenvalue weighted by molar-refractivity contribution is 7.09. The van der Waals surface area contributed by atoms with Gasteiger partial charge in [-0.05, 0) is 48.4 Å². The van der Waals surface area contributed by atoms with Gasteiger partial charge in [0.2, 0.25) is 0 Å². The zero-order valence-electron chi connectivity index (χ0n) is 12.3. The number of nitrogens with one attached hydrogen (secondary N) is 1. The highest BCUT2D eigenvalue weighted by Crippen LogP contribution is 2.19. The van der Waals surface area contributed by atoms with E-state index in [1.54, 1.807) is 24.5 Å². The molecule has 0 aliphatic heterocycles. The molecule has 1 aromatic carbocycles. The minimum atomic E-state index is -0.106. The van der Waals surface area contributed by atoms with E-state index in [9.17, 15) is 4.39 Å². The molecule has 0 saturated carbocycles. The van der Waals surface area contributed by atoms with Crippen molar-refractivity contribution in [3.8, 4) is 0 Å². The van der Waals surface area contributed by atoms with Crippen LogP contribution in [0.3, 0.4) is 0 Å². The molecular weight excluding hydrogens is 285 g/mol. The molecule has 1 unspecified atom stereocenters. The van der Waals surface area contributed by atoms with Gasteiger partial charge in [0.05, 0.1) is 6.61 Å². The van der Waals surface area contributed by atoms with Crippen molar-refractivity contribution in [3.05, 3.63) is 58.0 Å². The van der Waals surface area contributed by atoms with E-state index in [1.165, 1.54) is 10.9 Å². The number of methoxy groups -OCH3 is 1. The van der Waals surface area contributed by atoms with Crippen LogP contribution in [0.15, 0.2) is 41.8 Å². The highest BCUT2D eigenvalue weighted by Gasteiger charge is 2.13. The van der Waals surface area contributed by atoms with Crippen molar-refractivity contribution in [2.45, 2.75) is 12.8 Å². The summed E-state index contributed by atoms with van der Waals surface area (Å²) in [4.78, 5) is 1.35. The fourth-order valence-electron chi connectivity index (χ4n) is 2.39. The second-order valence-electron chi connectivity index (χ2n) is 5.14. The van der Waals surface area contributed by atoms with Gasteiger partial charge in [0, 0.05) is 18.5 Å². The lowest BCUT2D eigenvalue weighted by Gasteiger charge is -2.17. The Morgan fingerprint density at radius 3 is 2.76 bits per heavy atom. The minimum absolute atomic E-state index is 0.106. The molecule has 2 nitrogen and oxygen atoms in total. The summed E-state index contributed by atoms with van der Waals surface area (Å²) in [6.45, 7) is 2.40. The number of rotatable bonds is 9. The highest BCUT2D eigenvalue weighted by atomic mass is 32.1. The van der Waals surface area contributed by atoms with Crippen molar-refractivity contribution < 1.29 is 9.13 Å². The number of hydrogen-bond donors (Lipinski definition) is 1. The third kappa shape index (κ3) is 5.58. The molecule has 1 atom stereocenters. The van der Waals surface area contributed by atoms with E-state index >= 15 is 0 Å². The predicted molar refractivity (Wildman–Crippen MR) is 86.4 cm³/mol. The lowest BCUT2D eigenvalue weighted by molar-refractivity contribution is 0.197.